The van der Waals surface area contributed by atoms with Crippen molar-refractivity contribution in [3.8, 4) is 0 Å². The summed E-state index contributed by atoms with van der Waals surface area (Å²) in [5.74, 6) is -1.46. The summed E-state index contributed by atoms with van der Waals surface area (Å²) in [6, 6.07) is 0. The van der Waals surface area contributed by atoms with E-state index in [2.05, 4.69) is 0 Å². The van der Waals surface area contributed by atoms with Gasteiger partial charge in [-0.1, -0.05) is 0 Å². The Labute approximate surface area is 154 Å². The van der Waals surface area contributed by atoms with Crippen LogP contribution in [0.4, 0.5) is 0 Å². The molecule has 0 saturated carbocycles. The van der Waals surface area contributed by atoms with E-state index in [1.807, 2.05) is 0 Å². The van der Waals surface area contributed by atoms with E-state index in [9.17, 15) is 30.6 Å². The first-order valence-electron chi connectivity index (χ1n) is 8.55. The van der Waals surface area contributed by atoms with Gasteiger partial charge in [0.2, 0.25) is 0 Å². The molecular formula is C15H26O12. The molecule has 0 aliphatic carbocycles. The molecule has 3 aliphatic heterocycles. The molecule has 3 fully saturated rings. The van der Waals surface area contributed by atoms with Crippen LogP contribution in [0, 0.1) is 0 Å². The zero-order valence-corrected chi connectivity index (χ0v) is 14.8. The van der Waals surface area contributed by atoms with Crippen LogP contribution in [0.5, 0.6) is 0 Å². The Hall–Kier alpha value is -0.480. The molecule has 1 unspecified atom stereocenters. The minimum absolute atomic E-state index is 0.560. The number of hydrogen-bond acceptors (Lipinski definition) is 12. The second-order valence-electron chi connectivity index (χ2n) is 6.78. The van der Waals surface area contributed by atoms with E-state index in [1.54, 1.807) is 0 Å². The van der Waals surface area contributed by atoms with E-state index in [0.29, 0.717) is 0 Å². The third-order valence-corrected chi connectivity index (χ3v) is 4.99. The van der Waals surface area contributed by atoms with Gasteiger partial charge in [0, 0.05) is 14.0 Å². The topological polar surface area (TPSA) is 177 Å². The first kappa shape index (κ1) is 21.2. The highest BCUT2D eigenvalue weighted by Crippen LogP contribution is 2.38. The first-order chi connectivity index (χ1) is 12.7. The van der Waals surface area contributed by atoms with Crippen LogP contribution in [0.25, 0.3) is 0 Å². The summed E-state index contributed by atoms with van der Waals surface area (Å²) in [6.45, 7) is 0.282. The van der Waals surface area contributed by atoms with E-state index in [-0.39, 0.29) is 0 Å². The van der Waals surface area contributed by atoms with Crippen molar-refractivity contribution >= 4 is 0 Å². The lowest BCUT2D eigenvalue weighted by molar-refractivity contribution is -0.348. The van der Waals surface area contributed by atoms with Gasteiger partial charge in [0.05, 0.1) is 13.2 Å². The highest BCUT2D eigenvalue weighted by atomic mass is 16.9. The fraction of sp³-hybridized carbons (Fsp3) is 1.00. The number of aliphatic hydroxyl groups is 6. The smallest absolute Gasteiger partial charge is 0.282 e. The molecule has 0 aromatic heterocycles. The van der Waals surface area contributed by atoms with E-state index in [0.717, 1.165) is 0 Å². The average molecular weight is 398 g/mol. The zero-order valence-electron chi connectivity index (χ0n) is 14.8. The molecule has 0 radical (unpaired) electrons. The minimum Gasteiger partial charge on any atom is -0.394 e. The Kier molecular flexibility index (Phi) is 6.37. The van der Waals surface area contributed by atoms with Crippen LogP contribution in [0.3, 0.4) is 0 Å². The third-order valence-electron chi connectivity index (χ3n) is 4.99. The lowest BCUT2D eigenvalue weighted by atomic mass is 9.97. The highest BCUT2D eigenvalue weighted by Gasteiger charge is 2.57. The van der Waals surface area contributed by atoms with E-state index < -0.39 is 80.6 Å². The molecule has 0 amide bonds. The number of rotatable bonds is 5. The van der Waals surface area contributed by atoms with Gasteiger partial charge in [0.15, 0.2) is 12.6 Å². The summed E-state index contributed by atoms with van der Waals surface area (Å²) in [5, 5.41) is 59.3. The van der Waals surface area contributed by atoms with Crippen molar-refractivity contribution in [1.29, 1.82) is 0 Å². The van der Waals surface area contributed by atoms with Gasteiger partial charge >= 0.3 is 0 Å². The average Bonchev–Trinajstić information content (AvgIpc) is 3.01. The molecule has 3 aliphatic rings. The van der Waals surface area contributed by atoms with E-state index >= 15 is 0 Å². The van der Waals surface area contributed by atoms with Gasteiger partial charge in [0.25, 0.3) is 5.97 Å². The molecule has 0 bridgehead atoms. The Bertz CT molecular complexity index is 505. The molecule has 3 saturated heterocycles. The van der Waals surface area contributed by atoms with Crippen LogP contribution < -0.4 is 0 Å². The van der Waals surface area contributed by atoms with Crippen LogP contribution in [-0.2, 0) is 28.4 Å². The second kappa shape index (κ2) is 8.10. The molecule has 3 heterocycles. The van der Waals surface area contributed by atoms with E-state index in [1.165, 1.54) is 14.0 Å². The molecule has 0 aromatic carbocycles. The standard InChI is InChI=1S/C15H26O12/c1-15(22-2)26-12-10(21)11(6(4-17)24-14(12)27-15)25-13-9(20)8(19)7(18)5(3-16)23-13/h5-14,16-21H,3-4H2,1-2H3/t5-,6-,7+,8+,9-,10+,11-,12-,13+,14-,15?/m1/s1. The van der Waals surface area contributed by atoms with Crippen molar-refractivity contribution in [3.05, 3.63) is 0 Å². The predicted octanol–water partition coefficient (Wildman–Crippen LogP) is -4.01. The molecule has 0 spiro atoms. The van der Waals surface area contributed by atoms with Crippen molar-refractivity contribution < 1.29 is 59.1 Å². The van der Waals surface area contributed by atoms with Crippen LogP contribution in [-0.4, -0.2) is 118 Å². The Morgan fingerprint density at radius 3 is 2.11 bits per heavy atom. The number of aliphatic hydroxyl groups excluding tert-OH is 6. The first-order valence-corrected chi connectivity index (χ1v) is 8.55. The summed E-state index contributed by atoms with van der Waals surface area (Å²) in [7, 11) is 1.34. The van der Waals surface area contributed by atoms with Gasteiger partial charge in [-0.15, -0.1) is 0 Å². The van der Waals surface area contributed by atoms with Gasteiger partial charge in [-0.3, -0.25) is 4.74 Å². The molecule has 12 heteroatoms. The Morgan fingerprint density at radius 1 is 0.852 bits per heavy atom. The Balaban J connectivity index is 1.75. The van der Waals surface area contributed by atoms with Gasteiger partial charge in [0.1, 0.15) is 48.8 Å². The predicted molar refractivity (Wildman–Crippen MR) is 81.8 cm³/mol. The summed E-state index contributed by atoms with van der Waals surface area (Å²) in [6.07, 6.45) is -13.3. The molecule has 12 nitrogen and oxygen atoms in total. The second-order valence-corrected chi connectivity index (χ2v) is 6.78. The highest BCUT2D eigenvalue weighted by molar-refractivity contribution is 4.96. The van der Waals surface area contributed by atoms with Crippen LogP contribution in [0.1, 0.15) is 6.92 Å². The van der Waals surface area contributed by atoms with Gasteiger partial charge < -0.3 is 54.3 Å². The third kappa shape index (κ3) is 3.85. The summed E-state index contributed by atoms with van der Waals surface area (Å²) in [4.78, 5) is 0. The van der Waals surface area contributed by atoms with Crippen LogP contribution in [0.2, 0.25) is 0 Å². The van der Waals surface area contributed by atoms with Crippen LogP contribution in [0.15, 0.2) is 0 Å². The monoisotopic (exact) mass is 398 g/mol. The molecule has 6 N–H and O–H groups in total. The maximum Gasteiger partial charge on any atom is 0.282 e. The fourth-order valence-corrected chi connectivity index (χ4v) is 3.35. The fourth-order valence-electron chi connectivity index (χ4n) is 3.35. The van der Waals surface area contributed by atoms with Gasteiger partial charge in [-0.2, -0.15) is 0 Å². The van der Waals surface area contributed by atoms with E-state index in [4.69, 9.17) is 28.4 Å². The van der Waals surface area contributed by atoms with Crippen molar-refractivity contribution in [2.75, 3.05) is 20.3 Å². The van der Waals surface area contributed by atoms with Crippen molar-refractivity contribution in [1.82, 2.24) is 0 Å². The number of ether oxygens (including phenoxy) is 6. The maximum absolute atomic E-state index is 10.7. The number of hydrogen-bond donors (Lipinski definition) is 6. The Morgan fingerprint density at radius 2 is 1.52 bits per heavy atom. The normalized spacial score (nSPS) is 53.3. The van der Waals surface area contributed by atoms with Gasteiger partial charge in [-0.05, 0) is 0 Å². The lowest BCUT2D eigenvalue weighted by Gasteiger charge is -2.45. The zero-order chi connectivity index (χ0) is 19.9. The van der Waals surface area contributed by atoms with Crippen molar-refractivity contribution in [2.45, 2.75) is 74.3 Å². The quantitative estimate of drug-likeness (QED) is 0.265. The molecule has 0 aromatic rings. The lowest BCUT2D eigenvalue weighted by Crippen LogP contribution is -2.64. The summed E-state index contributed by atoms with van der Waals surface area (Å²) >= 11 is 0. The van der Waals surface area contributed by atoms with Crippen molar-refractivity contribution in [2.24, 2.45) is 0 Å². The van der Waals surface area contributed by atoms with Crippen molar-refractivity contribution in [3.63, 3.8) is 0 Å². The summed E-state index contributed by atoms with van der Waals surface area (Å²) in [5.41, 5.74) is 0. The SMILES string of the molecule is COC1(C)O[C@H]2O[C@H](CO)[C@@H](O[C@@H]3O[C@H](CO)[C@H](O)[C@H](O)[C@H]3O)[C@H](O)[C@H]2O1. The molecule has 3 rings (SSSR count). The molecule has 27 heavy (non-hydrogen) atoms. The minimum atomic E-state index is -1.67. The summed E-state index contributed by atoms with van der Waals surface area (Å²) < 4.78 is 32.4. The molecule has 11 atom stereocenters. The number of fused-ring (bicyclic) bond motifs is 1. The molecular weight excluding hydrogens is 372 g/mol. The van der Waals surface area contributed by atoms with Gasteiger partial charge in [-0.25, -0.2) is 0 Å². The van der Waals surface area contributed by atoms with Crippen LogP contribution >= 0.6 is 0 Å². The maximum atomic E-state index is 10.7. The number of methoxy groups -OCH3 is 1. The largest absolute Gasteiger partial charge is 0.394 e. The molecule has 158 valence electrons.